The minimum atomic E-state index is -8.03. The molecule has 0 aromatic heterocycles. The highest BCUT2D eigenvalue weighted by atomic mass is 19.4. The van der Waals surface area contributed by atoms with Crippen molar-refractivity contribution in [1.29, 1.82) is 0 Å². The lowest BCUT2D eigenvalue weighted by Gasteiger charge is -2.39. The van der Waals surface area contributed by atoms with Crippen molar-refractivity contribution in [3.05, 3.63) is 0 Å². The number of halogens is 13. The summed E-state index contributed by atoms with van der Waals surface area (Å²) in [5, 5.41) is 9.43. The molecular formula is C13H14F13NO2. The average molecular weight is 463 g/mol. The summed E-state index contributed by atoms with van der Waals surface area (Å²) in [6.07, 6.45) is -7.09. The van der Waals surface area contributed by atoms with Crippen molar-refractivity contribution in [2.45, 2.75) is 61.5 Å². The first-order valence-corrected chi connectivity index (χ1v) is 7.58. The van der Waals surface area contributed by atoms with E-state index in [2.05, 4.69) is 0 Å². The normalized spacial score (nSPS) is 14.8. The number of alkyl halides is 13. The Balaban J connectivity index is 5.62. The van der Waals surface area contributed by atoms with Gasteiger partial charge in [-0.1, -0.05) is 12.8 Å². The van der Waals surface area contributed by atoms with E-state index in [1.54, 1.807) is 0 Å². The minimum absolute atomic E-state index is 0.120. The molecule has 0 spiro atoms. The zero-order valence-electron chi connectivity index (χ0n) is 14.0. The van der Waals surface area contributed by atoms with Gasteiger partial charge in [0.25, 0.3) is 5.91 Å². The molecule has 16 heteroatoms. The molecule has 29 heavy (non-hydrogen) atoms. The molecule has 0 radical (unpaired) electrons. The van der Waals surface area contributed by atoms with Crippen LogP contribution < -0.4 is 5.32 Å². The number of carbonyl (C=O) groups excluding carboxylic acids is 1. The second kappa shape index (κ2) is 8.71. The van der Waals surface area contributed by atoms with Gasteiger partial charge < -0.3 is 10.4 Å². The number of rotatable bonds is 11. The van der Waals surface area contributed by atoms with Gasteiger partial charge in [0, 0.05) is 13.2 Å². The van der Waals surface area contributed by atoms with Gasteiger partial charge in [-0.05, 0) is 12.8 Å². The molecule has 0 atom stereocenters. The van der Waals surface area contributed by atoms with Gasteiger partial charge in [0.2, 0.25) is 0 Å². The van der Waals surface area contributed by atoms with E-state index in [4.69, 9.17) is 5.11 Å². The molecule has 3 nitrogen and oxygen atoms in total. The van der Waals surface area contributed by atoms with Gasteiger partial charge in [-0.3, -0.25) is 4.79 Å². The Hall–Kier alpha value is -1.48. The van der Waals surface area contributed by atoms with Crippen LogP contribution in [0, 0.1) is 0 Å². The SMILES string of the molecule is O=C(NCCCCCCO)C(F)(F)C(F)(F)C(F)(F)C(F)(F)C(F)(F)C(F)(F)F. The van der Waals surface area contributed by atoms with Gasteiger partial charge in [0.05, 0.1) is 0 Å². The van der Waals surface area contributed by atoms with Crippen molar-refractivity contribution < 1.29 is 67.0 Å². The first kappa shape index (κ1) is 27.5. The largest absolute Gasteiger partial charge is 0.460 e. The molecule has 2 N–H and O–H groups in total. The van der Waals surface area contributed by atoms with Crippen LogP contribution in [0.5, 0.6) is 0 Å². The van der Waals surface area contributed by atoms with Crippen LogP contribution in [-0.4, -0.2) is 60.0 Å². The molecule has 1 amide bonds. The summed E-state index contributed by atoms with van der Waals surface area (Å²) < 4.78 is 167. The lowest BCUT2D eigenvalue weighted by atomic mass is 9.93. The zero-order chi connectivity index (χ0) is 23.5. The third-order valence-electron chi connectivity index (χ3n) is 3.59. The van der Waals surface area contributed by atoms with Crippen molar-refractivity contribution in [3.8, 4) is 0 Å². The van der Waals surface area contributed by atoms with Crippen LogP contribution in [0.15, 0.2) is 0 Å². The van der Waals surface area contributed by atoms with E-state index in [-0.39, 0.29) is 32.3 Å². The molecule has 0 aliphatic carbocycles. The van der Waals surface area contributed by atoms with Crippen LogP contribution in [0.3, 0.4) is 0 Å². The number of unbranched alkanes of at least 4 members (excludes halogenated alkanes) is 3. The zero-order valence-corrected chi connectivity index (χ0v) is 14.0. The van der Waals surface area contributed by atoms with Crippen molar-refractivity contribution in [3.63, 3.8) is 0 Å². The highest BCUT2D eigenvalue weighted by molar-refractivity contribution is 5.84. The van der Waals surface area contributed by atoms with Gasteiger partial charge in [0.1, 0.15) is 0 Å². The fourth-order valence-electron chi connectivity index (χ4n) is 1.82. The summed E-state index contributed by atoms with van der Waals surface area (Å²) in [7, 11) is 0. The van der Waals surface area contributed by atoms with Crippen LogP contribution in [0.2, 0.25) is 0 Å². The predicted octanol–water partition coefficient (Wildman–Crippen LogP) is 4.39. The van der Waals surface area contributed by atoms with E-state index in [1.807, 2.05) is 0 Å². The summed E-state index contributed by atoms with van der Waals surface area (Å²) in [4.78, 5) is 11.1. The maximum absolute atomic E-state index is 13.4. The fraction of sp³-hybridized carbons (Fsp3) is 0.923. The van der Waals surface area contributed by atoms with Crippen LogP contribution in [0.25, 0.3) is 0 Å². The molecule has 174 valence electrons. The third kappa shape index (κ3) is 4.82. The lowest BCUT2D eigenvalue weighted by Crippen LogP contribution is -2.72. The fourth-order valence-corrected chi connectivity index (χ4v) is 1.82. The number of carbonyl (C=O) groups is 1. The maximum atomic E-state index is 13.4. The summed E-state index contributed by atoms with van der Waals surface area (Å²) in [5.74, 6) is -41.5. The molecule has 0 aromatic carbocycles. The number of hydrogen-bond acceptors (Lipinski definition) is 2. The van der Waals surface area contributed by atoms with Crippen molar-refractivity contribution in [2.75, 3.05) is 13.2 Å². The summed E-state index contributed by atoms with van der Waals surface area (Å²) in [6, 6.07) is 0. The first-order chi connectivity index (χ1) is 12.7. The van der Waals surface area contributed by atoms with E-state index in [9.17, 15) is 61.9 Å². The number of nitrogens with one attached hydrogen (secondary N) is 1. The Morgan fingerprint density at radius 1 is 0.621 bits per heavy atom. The van der Waals surface area contributed by atoms with Gasteiger partial charge in [-0.15, -0.1) is 0 Å². The van der Waals surface area contributed by atoms with E-state index < -0.39 is 48.2 Å². The molecule has 0 saturated carbocycles. The molecule has 0 bridgehead atoms. The second-order valence-electron chi connectivity index (χ2n) is 5.76. The van der Waals surface area contributed by atoms with Crippen molar-refractivity contribution in [2.24, 2.45) is 0 Å². The predicted molar refractivity (Wildman–Crippen MR) is 69.4 cm³/mol. The maximum Gasteiger partial charge on any atom is 0.460 e. The van der Waals surface area contributed by atoms with Crippen molar-refractivity contribution in [1.82, 2.24) is 5.32 Å². The van der Waals surface area contributed by atoms with Gasteiger partial charge in [-0.25, -0.2) is 0 Å². The molecule has 0 fully saturated rings. The van der Waals surface area contributed by atoms with Crippen LogP contribution in [-0.2, 0) is 4.79 Å². The Labute approximate surface area is 154 Å². The molecule has 0 aliphatic rings. The highest BCUT2D eigenvalue weighted by Gasteiger charge is 2.91. The van der Waals surface area contributed by atoms with E-state index >= 15 is 0 Å². The monoisotopic (exact) mass is 463 g/mol. The molecule has 0 rings (SSSR count). The molecule has 0 unspecified atom stereocenters. The quantitative estimate of drug-likeness (QED) is 0.353. The number of hydrogen-bond donors (Lipinski definition) is 2. The smallest absolute Gasteiger partial charge is 0.396 e. The van der Waals surface area contributed by atoms with Crippen LogP contribution >= 0.6 is 0 Å². The van der Waals surface area contributed by atoms with Crippen LogP contribution in [0.4, 0.5) is 57.1 Å². The molecule has 0 aliphatic heterocycles. The lowest BCUT2D eigenvalue weighted by molar-refractivity contribution is -0.436. The average Bonchev–Trinajstić information content (AvgIpc) is 2.55. The first-order valence-electron chi connectivity index (χ1n) is 7.58. The van der Waals surface area contributed by atoms with E-state index in [1.165, 1.54) is 0 Å². The van der Waals surface area contributed by atoms with Gasteiger partial charge in [0.15, 0.2) is 0 Å². The Morgan fingerprint density at radius 3 is 1.45 bits per heavy atom. The Kier molecular flexibility index (Phi) is 8.27. The standard InChI is InChI=1S/C13H14F13NO2/c14-8(15,7(29)27-5-3-1-2-4-6-28)9(16,17)10(18,19)11(20,21)12(22,23)13(24,25)26/h28H,1-6H2,(H,27,29). The summed E-state index contributed by atoms with van der Waals surface area (Å²) in [5.41, 5.74) is 0. The van der Waals surface area contributed by atoms with E-state index in [0.717, 1.165) is 5.32 Å². The number of amides is 1. The minimum Gasteiger partial charge on any atom is -0.396 e. The second-order valence-corrected chi connectivity index (χ2v) is 5.76. The summed E-state index contributed by atoms with van der Waals surface area (Å²) in [6.45, 7) is -1.13. The van der Waals surface area contributed by atoms with Gasteiger partial charge in [-0.2, -0.15) is 57.1 Å². The third-order valence-corrected chi connectivity index (χ3v) is 3.59. The molecule has 0 saturated heterocycles. The van der Waals surface area contributed by atoms with E-state index in [0.29, 0.717) is 0 Å². The summed E-state index contributed by atoms with van der Waals surface area (Å²) >= 11 is 0. The number of aliphatic hydroxyl groups excluding tert-OH is 1. The van der Waals surface area contributed by atoms with Crippen LogP contribution in [0.1, 0.15) is 25.7 Å². The van der Waals surface area contributed by atoms with Crippen molar-refractivity contribution >= 4 is 5.91 Å². The molecular weight excluding hydrogens is 449 g/mol. The molecule has 0 aromatic rings. The topological polar surface area (TPSA) is 49.3 Å². The molecule has 0 heterocycles. The number of aliphatic hydroxyl groups is 1. The Morgan fingerprint density at radius 2 is 1.03 bits per heavy atom. The highest BCUT2D eigenvalue weighted by Crippen LogP contribution is 2.60. The Bertz CT molecular complexity index is 559. The van der Waals surface area contributed by atoms with Gasteiger partial charge >= 0.3 is 35.8 Å².